The molecule has 0 saturated heterocycles. The molecule has 1 fully saturated rings. The molecule has 74 valence electrons. The second-order valence-electron chi connectivity index (χ2n) is 3.09. The Morgan fingerprint density at radius 2 is 2.23 bits per heavy atom. The zero-order valence-corrected chi connectivity index (χ0v) is 7.86. The summed E-state index contributed by atoms with van der Waals surface area (Å²) < 4.78 is 5.25. The van der Waals surface area contributed by atoms with Crippen LogP contribution in [0.5, 0.6) is 0 Å². The van der Waals surface area contributed by atoms with E-state index in [1.54, 1.807) is 7.11 Å². The van der Waals surface area contributed by atoms with Crippen molar-refractivity contribution in [1.29, 1.82) is 0 Å². The van der Waals surface area contributed by atoms with Crippen molar-refractivity contribution in [3.05, 3.63) is 0 Å². The number of guanidine groups is 1. The molecule has 1 unspecified atom stereocenters. The summed E-state index contributed by atoms with van der Waals surface area (Å²) in [4.78, 5) is 0. The van der Waals surface area contributed by atoms with E-state index in [2.05, 4.69) is 10.2 Å². The van der Waals surface area contributed by atoms with E-state index in [1.165, 1.54) is 6.42 Å². The van der Waals surface area contributed by atoms with E-state index < -0.39 is 0 Å². The molecule has 13 heavy (non-hydrogen) atoms. The summed E-state index contributed by atoms with van der Waals surface area (Å²) in [5.74, 6) is -0.00655. The van der Waals surface area contributed by atoms with Crippen LogP contribution >= 0.6 is 0 Å². The normalized spacial score (nSPS) is 25.9. The molecule has 0 aliphatic heterocycles. The molecule has 0 radical (unpaired) electrons. The van der Waals surface area contributed by atoms with Crippen molar-refractivity contribution >= 4 is 11.7 Å². The van der Waals surface area contributed by atoms with Gasteiger partial charge in [0.1, 0.15) is 0 Å². The molecule has 0 amide bonds. The standard InChI is InChI=1S/C8H16N4O/c1-13-7-5-3-2-4-6(7)11-12-8(9)10/h7H,2-5H2,1H3,(H4,9,10,12)/b11-6+. The fraction of sp³-hybridized carbons (Fsp3) is 0.750. The number of hydrogen-bond acceptors (Lipinski definition) is 3. The number of hydrogen-bond donors (Lipinski definition) is 2. The van der Waals surface area contributed by atoms with E-state index in [0.29, 0.717) is 0 Å². The number of ether oxygens (including phenoxy) is 1. The van der Waals surface area contributed by atoms with Gasteiger partial charge in [-0.2, -0.15) is 5.10 Å². The lowest BCUT2D eigenvalue weighted by Gasteiger charge is -2.21. The Balaban J connectivity index is 2.63. The summed E-state index contributed by atoms with van der Waals surface area (Å²) in [7, 11) is 1.68. The van der Waals surface area contributed by atoms with Gasteiger partial charge in [0.05, 0.1) is 11.8 Å². The van der Waals surface area contributed by atoms with Crippen LogP contribution < -0.4 is 11.5 Å². The smallest absolute Gasteiger partial charge is 0.211 e. The zero-order chi connectivity index (χ0) is 9.68. The molecule has 1 aliphatic carbocycles. The first-order valence-corrected chi connectivity index (χ1v) is 4.42. The number of methoxy groups -OCH3 is 1. The van der Waals surface area contributed by atoms with E-state index in [9.17, 15) is 0 Å². The van der Waals surface area contributed by atoms with Gasteiger partial charge < -0.3 is 16.2 Å². The van der Waals surface area contributed by atoms with Crippen LogP contribution in [0.25, 0.3) is 0 Å². The molecule has 1 saturated carbocycles. The molecule has 0 aromatic carbocycles. The molecule has 1 atom stereocenters. The van der Waals surface area contributed by atoms with Gasteiger partial charge >= 0.3 is 0 Å². The van der Waals surface area contributed by atoms with Gasteiger partial charge in [0, 0.05) is 7.11 Å². The number of rotatable bonds is 2. The van der Waals surface area contributed by atoms with Crippen LogP contribution in [0.15, 0.2) is 10.2 Å². The van der Waals surface area contributed by atoms with Gasteiger partial charge in [-0.15, -0.1) is 5.10 Å². The maximum Gasteiger partial charge on any atom is 0.211 e. The van der Waals surface area contributed by atoms with Gasteiger partial charge in [-0.25, -0.2) is 0 Å². The molecule has 0 bridgehead atoms. The van der Waals surface area contributed by atoms with Crippen molar-refractivity contribution in [2.24, 2.45) is 21.7 Å². The minimum atomic E-state index is -0.00655. The van der Waals surface area contributed by atoms with Gasteiger partial charge in [-0.3, -0.25) is 0 Å². The SMILES string of the molecule is COC1CCCC/C1=N\N=C(N)N. The summed E-state index contributed by atoms with van der Waals surface area (Å²) in [6.07, 6.45) is 4.35. The summed E-state index contributed by atoms with van der Waals surface area (Å²) in [6, 6.07) is 0. The van der Waals surface area contributed by atoms with Gasteiger partial charge in [0.25, 0.3) is 0 Å². The Morgan fingerprint density at radius 3 is 2.85 bits per heavy atom. The van der Waals surface area contributed by atoms with E-state index in [4.69, 9.17) is 16.2 Å². The van der Waals surface area contributed by atoms with Crippen molar-refractivity contribution in [3.63, 3.8) is 0 Å². The molecular formula is C8H16N4O. The highest BCUT2D eigenvalue weighted by Gasteiger charge is 2.19. The third-order valence-corrected chi connectivity index (χ3v) is 2.10. The lowest BCUT2D eigenvalue weighted by Crippen LogP contribution is -2.27. The van der Waals surface area contributed by atoms with Gasteiger partial charge in [0.15, 0.2) is 0 Å². The number of nitrogens with two attached hydrogens (primary N) is 2. The van der Waals surface area contributed by atoms with Crippen molar-refractivity contribution in [1.82, 2.24) is 0 Å². The van der Waals surface area contributed by atoms with E-state index in [0.717, 1.165) is 25.0 Å². The van der Waals surface area contributed by atoms with E-state index in [-0.39, 0.29) is 12.1 Å². The average molecular weight is 184 g/mol. The molecule has 4 N–H and O–H groups in total. The highest BCUT2D eigenvalue weighted by Crippen LogP contribution is 2.18. The maximum atomic E-state index is 5.25. The second-order valence-corrected chi connectivity index (χ2v) is 3.09. The van der Waals surface area contributed by atoms with Crippen molar-refractivity contribution in [2.75, 3.05) is 7.11 Å². The molecule has 1 rings (SSSR count). The molecule has 5 nitrogen and oxygen atoms in total. The van der Waals surface area contributed by atoms with Crippen molar-refractivity contribution < 1.29 is 4.74 Å². The Morgan fingerprint density at radius 1 is 1.46 bits per heavy atom. The monoisotopic (exact) mass is 184 g/mol. The Kier molecular flexibility index (Phi) is 3.70. The molecular weight excluding hydrogens is 168 g/mol. The van der Waals surface area contributed by atoms with Gasteiger partial charge in [0.2, 0.25) is 5.96 Å². The molecule has 1 aliphatic rings. The van der Waals surface area contributed by atoms with Crippen molar-refractivity contribution in [2.45, 2.75) is 31.8 Å². The fourth-order valence-electron chi connectivity index (χ4n) is 1.45. The third kappa shape index (κ3) is 3.02. The molecule has 0 spiro atoms. The highest BCUT2D eigenvalue weighted by molar-refractivity contribution is 5.90. The minimum Gasteiger partial charge on any atom is -0.375 e. The predicted octanol–water partition coefficient (Wildman–Crippen LogP) is 0.205. The predicted molar refractivity (Wildman–Crippen MR) is 52.5 cm³/mol. The van der Waals surface area contributed by atoms with E-state index in [1.807, 2.05) is 0 Å². The van der Waals surface area contributed by atoms with Gasteiger partial charge in [-0.1, -0.05) is 6.42 Å². The first kappa shape index (κ1) is 9.98. The Labute approximate surface area is 77.8 Å². The van der Waals surface area contributed by atoms with Gasteiger partial charge in [-0.05, 0) is 19.3 Å². The largest absolute Gasteiger partial charge is 0.375 e. The number of nitrogens with zero attached hydrogens (tertiary/aromatic N) is 2. The molecule has 0 heterocycles. The van der Waals surface area contributed by atoms with Crippen LogP contribution in [-0.2, 0) is 4.74 Å². The first-order chi connectivity index (χ1) is 6.24. The molecule has 5 heteroatoms. The molecule has 0 aromatic rings. The van der Waals surface area contributed by atoms with Crippen LogP contribution in [0.4, 0.5) is 0 Å². The van der Waals surface area contributed by atoms with Crippen LogP contribution in [0.3, 0.4) is 0 Å². The first-order valence-electron chi connectivity index (χ1n) is 4.42. The minimum absolute atomic E-state index is 0.00655. The summed E-state index contributed by atoms with van der Waals surface area (Å²) in [5.41, 5.74) is 11.3. The summed E-state index contributed by atoms with van der Waals surface area (Å²) in [6.45, 7) is 0. The van der Waals surface area contributed by atoms with Crippen LogP contribution in [0.1, 0.15) is 25.7 Å². The summed E-state index contributed by atoms with van der Waals surface area (Å²) >= 11 is 0. The van der Waals surface area contributed by atoms with E-state index >= 15 is 0 Å². The highest BCUT2D eigenvalue weighted by atomic mass is 16.5. The average Bonchev–Trinajstić information content (AvgIpc) is 2.15. The zero-order valence-electron chi connectivity index (χ0n) is 7.86. The second kappa shape index (κ2) is 4.81. The third-order valence-electron chi connectivity index (χ3n) is 2.10. The Bertz CT molecular complexity index is 220. The van der Waals surface area contributed by atoms with Crippen LogP contribution in [0, 0.1) is 0 Å². The quantitative estimate of drug-likeness (QED) is 0.365. The Hall–Kier alpha value is -1.10. The topological polar surface area (TPSA) is 86.0 Å². The van der Waals surface area contributed by atoms with Crippen LogP contribution in [0.2, 0.25) is 0 Å². The lowest BCUT2D eigenvalue weighted by atomic mass is 9.96. The van der Waals surface area contributed by atoms with Crippen molar-refractivity contribution in [3.8, 4) is 0 Å². The molecule has 0 aromatic heterocycles. The summed E-state index contributed by atoms with van der Waals surface area (Å²) in [5, 5.41) is 7.59. The fourth-order valence-corrected chi connectivity index (χ4v) is 1.45. The maximum absolute atomic E-state index is 5.25. The lowest BCUT2D eigenvalue weighted by molar-refractivity contribution is 0.137. The van der Waals surface area contributed by atoms with Crippen LogP contribution in [-0.4, -0.2) is 24.9 Å².